The Hall–Kier alpha value is -2.08. The molecule has 1 N–H and O–H groups in total. The summed E-state index contributed by atoms with van der Waals surface area (Å²) in [6, 6.07) is 7.84. The van der Waals surface area contributed by atoms with Crippen molar-refractivity contribution < 1.29 is 14.3 Å². The highest BCUT2D eigenvalue weighted by molar-refractivity contribution is 5.91. The van der Waals surface area contributed by atoms with Crippen molar-refractivity contribution in [3.05, 3.63) is 24.3 Å². The summed E-state index contributed by atoms with van der Waals surface area (Å²) >= 11 is 0. The van der Waals surface area contributed by atoms with Crippen LogP contribution >= 0.6 is 0 Å². The molecule has 0 aromatic heterocycles. The normalized spacial score (nSPS) is 18.0. The van der Waals surface area contributed by atoms with Gasteiger partial charge in [0.2, 0.25) is 11.8 Å². The Morgan fingerprint density at radius 2 is 1.74 bits per heavy atom. The molecule has 27 heavy (non-hydrogen) atoms. The van der Waals surface area contributed by atoms with E-state index in [2.05, 4.69) is 10.2 Å². The molecule has 2 aliphatic rings. The molecular weight excluding hydrogens is 342 g/mol. The van der Waals surface area contributed by atoms with Crippen LogP contribution in [0.3, 0.4) is 0 Å². The van der Waals surface area contributed by atoms with Gasteiger partial charge in [0.15, 0.2) is 0 Å². The number of rotatable bonds is 7. The van der Waals surface area contributed by atoms with Gasteiger partial charge in [-0.3, -0.25) is 9.59 Å². The molecular formula is C21H31N3O3. The molecule has 0 radical (unpaired) electrons. The predicted molar refractivity (Wildman–Crippen MR) is 107 cm³/mol. The Morgan fingerprint density at radius 3 is 2.37 bits per heavy atom. The van der Waals surface area contributed by atoms with Crippen LogP contribution in [0.25, 0.3) is 0 Å². The fourth-order valence-electron chi connectivity index (χ4n) is 4.08. The van der Waals surface area contributed by atoms with Crippen LogP contribution in [0.4, 0.5) is 11.4 Å². The molecule has 1 aliphatic heterocycles. The molecule has 1 aliphatic carbocycles. The van der Waals surface area contributed by atoms with Gasteiger partial charge in [-0.2, -0.15) is 0 Å². The standard InChI is InChI=1S/C21H31N3O3/c1-27-16-20(25)22-18-7-9-19(10-8-18)23-12-14-24(15-13-23)21(26)11-6-17-4-2-3-5-17/h7-10,17H,2-6,11-16H2,1H3,(H,22,25). The van der Waals surface area contributed by atoms with Gasteiger partial charge < -0.3 is 19.9 Å². The number of carbonyl (C=O) groups is 2. The zero-order valence-corrected chi connectivity index (χ0v) is 16.3. The lowest BCUT2D eigenvalue weighted by Crippen LogP contribution is -2.48. The van der Waals surface area contributed by atoms with Crippen LogP contribution in [0.1, 0.15) is 38.5 Å². The molecule has 148 valence electrons. The average molecular weight is 373 g/mol. The van der Waals surface area contributed by atoms with E-state index in [0.29, 0.717) is 12.3 Å². The van der Waals surface area contributed by atoms with E-state index < -0.39 is 0 Å². The van der Waals surface area contributed by atoms with E-state index in [0.717, 1.165) is 49.9 Å². The van der Waals surface area contributed by atoms with Crippen molar-refractivity contribution in [1.29, 1.82) is 0 Å². The smallest absolute Gasteiger partial charge is 0.250 e. The first kappa shape index (κ1) is 19.7. The molecule has 0 bridgehead atoms. The molecule has 1 heterocycles. The number of piperazine rings is 1. The first-order valence-corrected chi connectivity index (χ1v) is 10.1. The largest absolute Gasteiger partial charge is 0.375 e. The highest BCUT2D eigenvalue weighted by atomic mass is 16.5. The van der Waals surface area contributed by atoms with Crippen molar-refractivity contribution in [2.45, 2.75) is 38.5 Å². The second-order valence-corrected chi connectivity index (χ2v) is 7.59. The number of hydrogen-bond donors (Lipinski definition) is 1. The third kappa shape index (κ3) is 5.70. The maximum Gasteiger partial charge on any atom is 0.250 e. The Balaban J connectivity index is 1.43. The molecule has 0 spiro atoms. The number of amides is 2. The van der Waals surface area contributed by atoms with Gasteiger partial charge in [0.1, 0.15) is 6.61 Å². The molecule has 1 aromatic rings. The van der Waals surface area contributed by atoms with Crippen molar-refractivity contribution in [1.82, 2.24) is 4.90 Å². The third-order valence-corrected chi connectivity index (χ3v) is 5.67. The molecule has 1 saturated carbocycles. The van der Waals surface area contributed by atoms with Crippen molar-refractivity contribution in [3.8, 4) is 0 Å². The van der Waals surface area contributed by atoms with Crippen LogP contribution in [0.15, 0.2) is 24.3 Å². The molecule has 2 fully saturated rings. The molecule has 2 amide bonds. The van der Waals surface area contributed by atoms with Crippen LogP contribution < -0.4 is 10.2 Å². The first-order valence-electron chi connectivity index (χ1n) is 10.1. The summed E-state index contributed by atoms with van der Waals surface area (Å²) in [7, 11) is 1.50. The fourth-order valence-corrected chi connectivity index (χ4v) is 4.08. The van der Waals surface area contributed by atoms with Gasteiger partial charge in [-0.05, 0) is 36.6 Å². The molecule has 6 nitrogen and oxygen atoms in total. The second-order valence-electron chi connectivity index (χ2n) is 7.59. The summed E-state index contributed by atoms with van der Waals surface area (Å²) in [5.41, 5.74) is 1.89. The van der Waals surface area contributed by atoms with Crippen LogP contribution in [0.2, 0.25) is 0 Å². The summed E-state index contributed by atoms with van der Waals surface area (Å²) < 4.78 is 4.82. The highest BCUT2D eigenvalue weighted by Gasteiger charge is 2.23. The van der Waals surface area contributed by atoms with Crippen molar-refractivity contribution in [2.75, 3.05) is 50.1 Å². The van der Waals surface area contributed by atoms with Crippen molar-refractivity contribution in [3.63, 3.8) is 0 Å². The minimum Gasteiger partial charge on any atom is -0.375 e. The second kappa shape index (κ2) is 9.74. The number of nitrogens with zero attached hydrogens (tertiary/aromatic N) is 2. The number of hydrogen-bond acceptors (Lipinski definition) is 4. The van der Waals surface area contributed by atoms with Gasteiger partial charge in [0, 0.05) is 51.1 Å². The van der Waals surface area contributed by atoms with E-state index >= 15 is 0 Å². The maximum absolute atomic E-state index is 12.5. The molecule has 3 rings (SSSR count). The number of carbonyl (C=O) groups excluding carboxylic acids is 2. The van der Waals surface area contributed by atoms with Crippen LogP contribution in [-0.4, -0.2) is 56.6 Å². The minimum absolute atomic E-state index is 0.0541. The van der Waals surface area contributed by atoms with E-state index in [1.54, 1.807) is 0 Å². The zero-order chi connectivity index (χ0) is 19.1. The molecule has 1 saturated heterocycles. The Kier molecular flexibility index (Phi) is 7.10. The SMILES string of the molecule is COCC(=O)Nc1ccc(N2CCN(C(=O)CCC3CCCC3)CC2)cc1. The van der Waals surface area contributed by atoms with Crippen molar-refractivity contribution >= 4 is 23.2 Å². The summed E-state index contributed by atoms with van der Waals surface area (Å²) in [4.78, 5) is 28.3. The Morgan fingerprint density at radius 1 is 1.07 bits per heavy atom. The summed E-state index contributed by atoms with van der Waals surface area (Å²) in [6.07, 6.45) is 7.07. The van der Waals surface area contributed by atoms with Crippen LogP contribution in [0.5, 0.6) is 0 Å². The summed E-state index contributed by atoms with van der Waals surface area (Å²) in [5, 5.41) is 2.80. The van der Waals surface area contributed by atoms with E-state index in [1.807, 2.05) is 29.2 Å². The highest BCUT2D eigenvalue weighted by Crippen LogP contribution is 2.29. The number of anilines is 2. The van der Waals surface area contributed by atoms with Gasteiger partial charge in [-0.15, -0.1) is 0 Å². The lowest BCUT2D eigenvalue weighted by molar-refractivity contribution is -0.131. The number of methoxy groups -OCH3 is 1. The molecule has 6 heteroatoms. The lowest BCUT2D eigenvalue weighted by Gasteiger charge is -2.36. The van der Waals surface area contributed by atoms with Crippen LogP contribution in [-0.2, 0) is 14.3 Å². The zero-order valence-electron chi connectivity index (χ0n) is 16.3. The van der Waals surface area contributed by atoms with E-state index in [9.17, 15) is 9.59 Å². The lowest BCUT2D eigenvalue weighted by atomic mass is 10.0. The predicted octanol–water partition coefficient (Wildman–Crippen LogP) is 2.89. The van der Waals surface area contributed by atoms with Gasteiger partial charge in [0.05, 0.1) is 0 Å². The third-order valence-electron chi connectivity index (χ3n) is 5.67. The van der Waals surface area contributed by atoms with Crippen molar-refractivity contribution in [2.24, 2.45) is 5.92 Å². The fraction of sp³-hybridized carbons (Fsp3) is 0.619. The quantitative estimate of drug-likeness (QED) is 0.798. The van der Waals surface area contributed by atoms with E-state index in [1.165, 1.54) is 32.8 Å². The van der Waals surface area contributed by atoms with Gasteiger partial charge in [-0.1, -0.05) is 25.7 Å². The summed E-state index contributed by atoms with van der Waals surface area (Å²) in [6.45, 7) is 3.33. The number of ether oxygens (including phenoxy) is 1. The summed E-state index contributed by atoms with van der Waals surface area (Å²) in [5.74, 6) is 0.936. The van der Waals surface area contributed by atoms with Crippen LogP contribution in [0, 0.1) is 5.92 Å². The van der Waals surface area contributed by atoms with E-state index in [4.69, 9.17) is 4.74 Å². The molecule has 0 unspecified atom stereocenters. The Bertz CT molecular complexity index is 618. The van der Waals surface area contributed by atoms with Gasteiger partial charge in [0.25, 0.3) is 0 Å². The number of benzene rings is 1. The average Bonchev–Trinajstić information content (AvgIpc) is 3.21. The van der Waals surface area contributed by atoms with E-state index in [-0.39, 0.29) is 12.5 Å². The topological polar surface area (TPSA) is 61.9 Å². The molecule has 0 atom stereocenters. The first-order chi connectivity index (χ1) is 13.2. The van der Waals surface area contributed by atoms with Gasteiger partial charge >= 0.3 is 0 Å². The Labute approximate surface area is 161 Å². The maximum atomic E-state index is 12.5. The molecule has 1 aromatic carbocycles. The van der Waals surface area contributed by atoms with Gasteiger partial charge in [-0.25, -0.2) is 0 Å². The monoisotopic (exact) mass is 373 g/mol. The minimum atomic E-state index is -0.157. The number of nitrogens with one attached hydrogen (secondary N) is 1.